The fourth-order valence-electron chi connectivity index (χ4n) is 4.47. The largest absolute Gasteiger partial charge is 0.493 e. The summed E-state index contributed by atoms with van der Waals surface area (Å²) in [4.78, 5) is 18.8. The van der Waals surface area contributed by atoms with Crippen molar-refractivity contribution in [3.8, 4) is 22.8 Å². The Balaban J connectivity index is 1.82. The highest BCUT2D eigenvalue weighted by atomic mass is 32.1. The van der Waals surface area contributed by atoms with Crippen LogP contribution in [-0.2, 0) is 4.74 Å². The average Bonchev–Trinajstić information content (AvgIpc) is 3.19. The molecule has 0 bridgehead atoms. The highest BCUT2D eigenvalue weighted by Gasteiger charge is 2.26. The molecule has 1 saturated carbocycles. The average molecular weight is 472 g/mol. The Labute approximate surface area is 199 Å². The second-order valence-electron chi connectivity index (χ2n) is 8.30. The van der Waals surface area contributed by atoms with Crippen LogP contribution in [0.5, 0.6) is 11.5 Å². The van der Waals surface area contributed by atoms with Crippen molar-refractivity contribution < 1.29 is 19.0 Å². The van der Waals surface area contributed by atoms with Crippen LogP contribution in [0.1, 0.15) is 67.7 Å². The molecular formula is C25H33N3O4S. The minimum Gasteiger partial charge on any atom is -0.493 e. The van der Waals surface area contributed by atoms with Gasteiger partial charge < -0.3 is 19.5 Å². The van der Waals surface area contributed by atoms with E-state index in [9.17, 15) is 4.79 Å². The number of aromatic nitrogens is 2. The van der Waals surface area contributed by atoms with Crippen molar-refractivity contribution in [2.24, 2.45) is 0 Å². The predicted octanol–water partition coefficient (Wildman–Crippen LogP) is 6.09. The van der Waals surface area contributed by atoms with E-state index in [0.717, 1.165) is 40.6 Å². The highest BCUT2D eigenvalue weighted by Crippen LogP contribution is 2.39. The van der Waals surface area contributed by atoms with Crippen LogP contribution in [-0.4, -0.2) is 41.7 Å². The maximum Gasteiger partial charge on any atom is 0.350 e. The molecule has 1 aliphatic rings. The van der Waals surface area contributed by atoms with Crippen LogP contribution in [0.25, 0.3) is 16.2 Å². The minimum atomic E-state index is -0.296. The summed E-state index contributed by atoms with van der Waals surface area (Å²) in [5.41, 5.74) is 2.64. The third kappa shape index (κ3) is 4.81. The molecule has 0 aliphatic heterocycles. The molecule has 4 rings (SSSR count). The van der Waals surface area contributed by atoms with Crippen LogP contribution in [0.15, 0.2) is 18.2 Å². The summed E-state index contributed by atoms with van der Waals surface area (Å²) in [6.45, 7) is 6.65. The quantitative estimate of drug-likeness (QED) is 0.317. The summed E-state index contributed by atoms with van der Waals surface area (Å²) >= 11 is 1.37. The molecule has 0 unspecified atom stereocenters. The lowest BCUT2D eigenvalue weighted by Crippen LogP contribution is -2.20. The van der Waals surface area contributed by atoms with Gasteiger partial charge in [0.15, 0.2) is 16.5 Å². The fourth-order valence-corrected chi connectivity index (χ4v) is 5.49. The maximum atomic E-state index is 12.5. The van der Waals surface area contributed by atoms with Gasteiger partial charge in [-0.2, -0.15) is 0 Å². The second-order valence-corrected chi connectivity index (χ2v) is 9.27. The number of anilines is 1. The SMILES string of the molecule is CCOC(=O)c1sc2nc(-c3ccc(OCC)c(OC)c3)c(NC3CCCCCC3)n2c1C. The third-order valence-corrected chi connectivity index (χ3v) is 7.22. The van der Waals surface area contributed by atoms with Crippen LogP contribution < -0.4 is 14.8 Å². The molecule has 0 amide bonds. The Bertz CT molecular complexity index is 1110. The standard InChI is InChI=1S/C25H33N3O4S/c1-5-31-19-14-13-17(15-20(19)30-4)21-23(26-18-11-9-7-8-10-12-18)28-16(3)22(24(29)32-6-2)33-25(28)27-21/h13-15,18,26H,5-12H2,1-4H3. The number of methoxy groups -OCH3 is 1. The highest BCUT2D eigenvalue weighted by molar-refractivity contribution is 7.19. The van der Waals surface area contributed by atoms with Gasteiger partial charge in [-0.05, 0) is 51.8 Å². The van der Waals surface area contributed by atoms with Gasteiger partial charge in [-0.1, -0.05) is 37.0 Å². The number of thiazole rings is 1. The zero-order valence-electron chi connectivity index (χ0n) is 19.9. The van der Waals surface area contributed by atoms with E-state index in [-0.39, 0.29) is 5.97 Å². The van der Waals surface area contributed by atoms with Crippen LogP contribution in [0.3, 0.4) is 0 Å². The van der Waals surface area contributed by atoms with Crippen LogP contribution in [0.2, 0.25) is 0 Å². The monoisotopic (exact) mass is 471 g/mol. The van der Waals surface area contributed by atoms with Gasteiger partial charge in [0.1, 0.15) is 16.4 Å². The van der Waals surface area contributed by atoms with Crippen molar-refractivity contribution >= 4 is 28.1 Å². The number of nitrogens with zero attached hydrogens (tertiary/aromatic N) is 2. The van der Waals surface area contributed by atoms with Crippen molar-refractivity contribution in [1.29, 1.82) is 0 Å². The van der Waals surface area contributed by atoms with E-state index in [1.54, 1.807) is 7.11 Å². The van der Waals surface area contributed by atoms with Gasteiger partial charge in [0.25, 0.3) is 0 Å². The number of hydrogen-bond acceptors (Lipinski definition) is 7. The van der Waals surface area contributed by atoms with Crippen LogP contribution >= 0.6 is 11.3 Å². The molecule has 1 fully saturated rings. The molecular weight excluding hydrogens is 438 g/mol. The molecule has 3 aromatic rings. The number of carbonyl (C=O) groups is 1. The summed E-state index contributed by atoms with van der Waals surface area (Å²) in [6, 6.07) is 6.29. The fraction of sp³-hybridized carbons (Fsp3) is 0.520. The van der Waals surface area contributed by atoms with Gasteiger partial charge in [-0.25, -0.2) is 9.78 Å². The number of aryl methyl sites for hydroxylation is 1. The summed E-state index contributed by atoms with van der Waals surface area (Å²) in [5.74, 6) is 2.02. The van der Waals surface area contributed by atoms with Gasteiger partial charge in [-0.15, -0.1) is 0 Å². The van der Waals surface area contributed by atoms with Gasteiger partial charge in [0.05, 0.1) is 20.3 Å². The molecule has 33 heavy (non-hydrogen) atoms. The first-order valence-electron chi connectivity index (χ1n) is 11.8. The molecule has 1 N–H and O–H groups in total. The number of carbonyl (C=O) groups excluding carboxylic acids is 1. The van der Waals surface area contributed by atoms with E-state index in [2.05, 4.69) is 9.72 Å². The Morgan fingerprint density at radius 1 is 1.15 bits per heavy atom. The lowest BCUT2D eigenvalue weighted by atomic mass is 10.1. The number of fused-ring (bicyclic) bond motifs is 1. The first kappa shape index (κ1) is 23.4. The van der Waals surface area contributed by atoms with Gasteiger partial charge >= 0.3 is 5.97 Å². The molecule has 7 nitrogen and oxygen atoms in total. The second kappa shape index (κ2) is 10.5. The number of imidazole rings is 1. The number of benzene rings is 1. The van der Waals surface area contributed by atoms with Crippen molar-refractivity contribution in [3.63, 3.8) is 0 Å². The van der Waals surface area contributed by atoms with E-state index >= 15 is 0 Å². The summed E-state index contributed by atoms with van der Waals surface area (Å²) in [5, 5.41) is 3.80. The number of hydrogen-bond donors (Lipinski definition) is 1. The van der Waals surface area contributed by atoms with E-state index in [1.165, 1.54) is 37.0 Å². The van der Waals surface area contributed by atoms with Crippen LogP contribution in [0, 0.1) is 6.92 Å². The molecule has 0 radical (unpaired) electrons. The lowest BCUT2D eigenvalue weighted by molar-refractivity contribution is 0.0531. The van der Waals surface area contributed by atoms with E-state index in [0.29, 0.717) is 35.6 Å². The third-order valence-electron chi connectivity index (χ3n) is 6.10. The van der Waals surface area contributed by atoms with E-state index < -0.39 is 0 Å². The van der Waals surface area contributed by atoms with Gasteiger partial charge in [0, 0.05) is 17.3 Å². The van der Waals surface area contributed by atoms with Gasteiger partial charge in [0.2, 0.25) is 0 Å². The molecule has 0 atom stereocenters. The van der Waals surface area contributed by atoms with E-state index in [1.807, 2.05) is 39.0 Å². The smallest absolute Gasteiger partial charge is 0.350 e. The zero-order valence-corrected chi connectivity index (χ0v) is 20.7. The molecule has 1 aromatic carbocycles. The van der Waals surface area contributed by atoms with Gasteiger partial charge in [-0.3, -0.25) is 4.40 Å². The summed E-state index contributed by atoms with van der Waals surface area (Å²) in [6.07, 6.45) is 7.28. The Kier molecular flexibility index (Phi) is 7.42. The Morgan fingerprint density at radius 2 is 1.91 bits per heavy atom. The molecule has 178 valence electrons. The molecule has 2 heterocycles. The molecule has 8 heteroatoms. The molecule has 0 saturated heterocycles. The predicted molar refractivity (Wildman–Crippen MR) is 132 cm³/mol. The van der Waals surface area contributed by atoms with Crippen molar-refractivity contribution in [3.05, 3.63) is 28.8 Å². The first-order valence-corrected chi connectivity index (χ1v) is 12.7. The summed E-state index contributed by atoms with van der Waals surface area (Å²) < 4.78 is 18.6. The normalized spacial score (nSPS) is 14.8. The molecule has 1 aliphatic carbocycles. The van der Waals surface area contributed by atoms with Crippen molar-refractivity contribution in [2.45, 2.75) is 65.3 Å². The van der Waals surface area contributed by atoms with Crippen molar-refractivity contribution in [2.75, 3.05) is 25.6 Å². The molecule has 0 spiro atoms. The lowest BCUT2D eigenvalue weighted by Gasteiger charge is -2.19. The first-order chi connectivity index (χ1) is 16.1. The summed E-state index contributed by atoms with van der Waals surface area (Å²) in [7, 11) is 1.65. The Hall–Kier alpha value is -2.74. The topological polar surface area (TPSA) is 74.1 Å². The number of rotatable bonds is 8. The number of esters is 1. The minimum absolute atomic E-state index is 0.296. The van der Waals surface area contributed by atoms with E-state index in [4.69, 9.17) is 19.2 Å². The number of nitrogens with one attached hydrogen (secondary N) is 1. The van der Waals surface area contributed by atoms with Crippen LogP contribution in [0.4, 0.5) is 5.82 Å². The maximum absolute atomic E-state index is 12.5. The Morgan fingerprint density at radius 3 is 2.58 bits per heavy atom. The molecule has 2 aromatic heterocycles. The zero-order chi connectivity index (χ0) is 23.4. The number of ether oxygens (including phenoxy) is 3. The van der Waals surface area contributed by atoms with Crippen molar-refractivity contribution in [1.82, 2.24) is 9.38 Å².